The molecule has 0 spiro atoms. The Labute approximate surface area is 281 Å². The number of sulfonamides is 1. The van der Waals surface area contributed by atoms with E-state index in [4.69, 9.17) is 4.74 Å². The van der Waals surface area contributed by atoms with E-state index in [1.54, 1.807) is 54.6 Å². The first kappa shape index (κ1) is 31.9. The average molecular weight is 765 g/mol. The molecule has 0 saturated heterocycles. The number of nitrogens with zero attached hydrogens (tertiary/aromatic N) is 2. The molecule has 46 heavy (non-hydrogen) atoms. The lowest BCUT2D eigenvalue weighted by Gasteiger charge is -2.31. The van der Waals surface area contributed by atoms with Gasteiger partial charge in [0, 0.05) is 26.6 Å². The van der Waals surface area contributed by atoms with Crippen molar-refractivity contribution in [1.82, 2.24) is 8.28 Å². The Morgan fingerprint density at radius 1 is 0.804 bits per heavy atom. The van der Waals surface area contributed by atoms with E-state index in [-0.39, 0.29) is 27.6 Å². The first-order valence-corrected chi connectivity index (χ1v) is 18.2. The molecule has 0 bridgehead atoms. The fraction of sp³-hybridized carbons (Fsp3) is 0.114. The summed E-state index contributed by atoms with van der Waals surface area (Å²) < 4.78 is 66.8. The first-order valence-electron chi connectivity index (χ1n) is 14.2. The topological polar surface area (TPSA) is 103 Å². The Balaban J connectivity index is 1.82. The third-order valence-electron chi connectivity index (χ3n) is 7.98. The number of methoxy groups -OCH3 is 1. The van der Waals surface area contributed by atoms with E-state index in [0.717, 1.165) is 15.4 Å². The standard InChI is InChI=1S/C35H29IN2O6S2/c1-23-18-20-27(21-19-23)45(40,41)37-22-29(36)31(25-12-6-4-7-13-25)32-28-16-10-11-17-30(28)38(34(32)33(37)24(2)35(39)44-3)46(42,43)26-14-8-5-9-15-26/h4-21,33H,2,22H2,1,3H3/t33-/m0/s1. The number of para-hydroxylation sites is 1. The highest BCUT2D eigenvalue weighted by molar-refractivity contribution is 14.1. The number of aromatic nitrogens is 1. The Bertz CT molecular complexity index is 2240. The van der Waals surface area contributed by atoms with Crippen molar-refractivity contribution in [1.29, 1.82) is 0 Å². The molecule has 4 aromatic carbocycles. The van der Waals surface area contributed by atoms with Gasteiger partial charge in [0.2, 0.25) is 10.0 Å². The van der Waals surface area contributed by atoms with Gasteiger partial charge < -0.3 is 4.74 Å². The number of hydrogen-bond acceptors (Lipinski definition) is 6. The molecule has 5 aromatic rings. The highest BCUT2D eigenvalue weighted by Gasteiger charge is 2.45. The van der Waals surface area contributed by atoms with Crippen LogP contribution in [0.3, 0.4) is 0 Å². The molecule has 11 heteroatoms. The highest BCUT2D eigenvalue weighted by atomic mass is 127. The van der Waals surface area contributed by atoms with Crippen molar-refractivity contribution in [3.05, 3.63) is 147 Å². The van der Waals surface area contributed by atoms with E-state index in [1.165, 1.54) is 35.3 Å². The summed E-state index contributed by atoms with van der Waals surface area (Å²) in [6.45, 7) is 5.72. The predicted octanol–water partition coefficient (Wildman–Crippen LogP) is 6.86. The molecule has 234 valence electrons. The smallest absolute Gasteiger partial charge is 0.335 e. The Hall–Kier alpha value is -4.04. The summed E-state index contributed by atoms with van der Waals surface area (Å²) in [6.07, 6.45) is 0. The lowest BCUT2D eigenvalue weighted by Crippen LogP contribution is -2.39. The van der Waals surface area contributed by atoms with E-state index in [1.807, 2.05) is 37.3 Å². The number of esters is 1. The maximum atomic E-state index is 14.7. The van der Waals surface area contributed by atoms with Gasteiger partial charge in [-0.3, -0.25) is 0 Å². The minimum Gasteiger partial charge on any atom is -0.466 e. The molecule has 0 aliphatic carbocycles. The Morgan fingerprint density at radius 3 is 2.00 bits per heavy atom. The molecular weight excluding hydrogens is 735 g/mol. The molecule has 1 atom stereocenters. The number of halogens is 1. The summed E-state index contributed by atoms with van der Waals surface area (Å²) in [6, 6.07) is 29.2. The van der Waals surface area contributed by atoms with E-state index < -0.39 is 32.1 Å². The van der Waals surface area contributed by atoms with Crippen molar-refractivity contribution >= 4 is 65.1 Å². The molecule has 1 aliphatic rings. The molecule has 0 amide bonds. The number of carbonyl (C=O) groups is 1. The van der Waals surface area contributed by atoms with Crippen LogP contribution in [0.25, 0.3) is 16.5 Å². The van der Waals surface area contributed by atoms with E-state index in [9.17, 15) is 21.6 Å². The lowest BCUT2D eigenvalue weighted by molar-refractivity contribution is -0.136. The second-order valence-corrected chi connectivity index (χ2v) is 15.8. The van der Waals surface area contributed by atoms with E-state index in [0.29, 0.717) is 25.6 Å². The SMILES string of the molecule is C=C(C(=O)OC)[C@H]1c2c(c3ccccc3n2S(=O)(=O)c2ccccc2)C(c2ccccc2)=C(I)CN1S(=O)(=O)c1ccc(C)cc1. The van der Waals surface area contributed by atoms with Crippen molar-refractivity contribution in [3.8, 4) is 0 Å². The van der Waals surface area contributed by atoms with Crippen LogP contribution in [0.15, 0.2) is 135 Å². The van der Waals surface area contributed by atoms with Crippen LogP contribution in [0.5, 0.6) is 0 Å². The molecule has 0 unspecified atom stereocenters. The number of aryl methyl sites for hydroxylation is 1. The van der Waals surface area contributed by atoms with Crippen molar-refractivity contribution in [2.24, 2.45) is 0 Å². The van der Waals surface area contributed by atoms with Gasteiger partial charge in [-0.15, -0.1) is 0 Å². The molecule has 6 rings (SSSR count). The highest BCUT2D eigenvalue weighted by Crippen LogP contribution is 2.49. The Morgan fingerprint density at radius 2 is 1.37 bits per heavy atom. The molecule has 0 radical (unpaired) electrons. The number of rotatable bonds is 7. The van der Waals surface area contributed by atoms with Gasteiger partial charge in [-0.25, -0.2) is 25.6 Å². The van der Waals surface area contributed by atoms with Crippen molar-refractivity contribution in [3.63, 3.8) is 0 Å². The maximum Gasteiger partial charge on any atom is 0.335 e. The number of carbonyl (C=O) groups excluding carboxylic acids is 1. The minimum absolute atomic E-state index is 0.00175. The zero-order chi connectivity index (χ0) is 32.8. The van der Waals surface area contributed by atoms with Crippen molar-refractivity contribution < 1.29 is 26.4 Å². The molecule has 8 nitrogen and oxygen atoms in total. The Kier molecular flexibility index (Phi) is 8.53. The van der Waals surface area contributed by atoms with Crippen LogP contribution in [0.2, 0.25) is 0 Å². The first-order chi connectivity index (χ1) is 22.0. The van der Waals surface area contributed by atoms with Crippen LogP contribution in [-0.2, 0) is 29.6 Å². The van der Waals surface area contributed by atoms with Crippen LogP contribution in [-0.4, -0.2) is 44.7 Å². The van der Waals surface area contributed by atoms with Crippen LogP contribution < -0.4 is 0 Å². The van der Waals surface area contributed by atoms with Crippen molar-refractivity contribution in [2.45, 2.75) is 22.8 Å². The molecule has 2 heterocycles. The van der Waals surface area contributed by atoms with Gasteiger partial charge in [-0.05, 0) is 65.4 Å². The van der Waals surface area contributed by atoms with Gasteiger partial charge in [0.05, 0.1) is 39.7 Å². The summed E-state index contributed by atoms with van der Waals surface area (Å²) in [4.78, 5) is 13.3. The largest absolute Gasteiger partial charge is 0.466 e. The van der Waals surface area contributed by atoms with Gasteiger partial charge in [0.15, 0.2) is 0 Å². The van der Waals surface area contributed by atoms with Gasteiger partial charge in [0.1, 0.15) is 0 Å². The number of benzene rings is 4. The zero-order valence-electron chi connectivity index (χ0n) is 24.9. The summed E-state index contributed by atoms with van der Waals surface area (Å²) in [5.41, 5.74) is 2.92. The normalized spacial score (nSPS) is 15.8. The average Bonchev–Trinajstić information content (AvgIpc) is 3.33. The van der Waals surface area contributed by atoms with Gasteiger partial charge in [-0.2, -0.15) is 4.31 Å². The fourth-order valence-corrected chi connectivity index (χ4v) is 10.1. The maximum absolute atomic E-state index is 14.7. The second-order valence-electron chi connectivity index (χ2n) is 10.8. The van der Waals surface area contributed by atoms with Gasteiger partial charge in [-0.1, -0.05) is 91.0 Å². The number of hydrogen-bond donors (Lipinski definition) is 0. The van der Waals surface area contributed by atoms with Crippen LogP contribution in [0.1, 0.15) is 28.4 Å². The molecule has 1 aromatic heterocycles. The summed E-state index contributed by atoms with van der Waals surface area (Å²) in [5, 5.41) is 0.572. The molecule has 0 fully saturated rings. The number of fused-ring (bicyclic) bond motifs is 3. The lowest BCUT2D eigenvalue weighted by atomic mass is 9.92. The van der Waals surface area contributed by atoms with E-state index in [2.05, 4.69) is 29.2 Å². The van der Waals surface area contributed by atoms with E-state index >= 15 is 0 Å². The molecule has 1 aliphatic heterocycles. The minimum atomic E-state index is -4.37. The summed E-state index contributed by atoms with van der Waals surface area (Å²) in [5.74, 6) is -0.868. The van der Waals surface area contributed by atoms with Crippen LogP contribution in [0, 0.1) is 6.92 Å². The summed E-state index contributed by atoms with van der Waals surface area (Å²) in [7, 11) is -7.55. The number of ether oxygens (including phenoxy) is 1. The fourth-order valence-electron chi connectivity index (χ4n) is 5.83. The third kappa shape index (κ3) is 5.30. The third-order valence-corrected chi connectivity index (χ3v) is 12.4. The van der Waals surface area contributed by atoms with Crippen LogP contribution in [0.4, 0.5) is 0 Å². The van der Waals surface area contributed by atoms with Gasteiger partial charge >= 0.3 is 5.97 Å². The molecule has 0 N–H and O–H groups in total. The predicted molar refractivity (Wildman–Crippen MR) is 186 cm³/mol. The van der Waals surface area contributed by atoms with Crippen molar-refractivity contribution in [2.75, 3.05) is 13.7 Å². The quantitative estimate of drug-likeness (QED) is 0.102. The second kappa shape index (κ2) is 12.3. The molecular formula is C35H29IN2O6S2. The molecule has 0 saturated carbocycles. The zero-order valence-corrected chi connectivity index (χ0v) is 28.7. The monoisotopic (exact) mass is 764 g/mol. The van der Waals surface area contributed by atoms with Gasteiger partial charge in [0.25, 0.3) is 10.0 Å². The van der Waals surface area contributed by atoms with Crippen LogP contribution >= 0.6 is 22.6 Å². The summed E-state index contributed by atoms with van der Waals surface area (Å²) >= 11 is 2.13.